The van der Waals surface area contributed by atoms with Crippen molar-refractivity contribution in [2.45, 2.75) is 37.5 Å². The van der Waals surface area contributed by atoms with Gasteiger partial charge >= 0.3 is 0 Å². The first-order chi connectivity index (χ1) is 12.3. The van der Waals surface area contributed by atoms with Crippen LogP contribution in [0.4, 0.5) is 0 Å². The number of hydrogen-bond acceptors (Lipinski definition) is 4. The van der Waals surface area contributed by atoms with Gasteiger partial charge in [0.25, 0.3) is 5.91 Å². The van der Waals surface area contributed by atoms with Gasteiger partial charge < -0.3 is 10.1 Å². The van der Waals surface area contributed by atoms with Crippen molar-refractivity contribution in [1.82, 2.24) is 9.62 Å². The Morgan fingerprint density at radius 1 is 1.23 bits per heavy atom. The molecule has 0 saturated carbocycles. The van der Waals surface area contributed by atoms with E-state index in [1.165, 1.54) is 16.4 Å². The maximum Gasteiger partial charge on any atom is 0.251 e. The van der Waals surface area contributed by atoms with Crippen LogP contribution in [0.3, 0.4) is 0 Å². The number of nitrogens with one attached hydrogen (secondary N) is 1. The molecule has 0 aliphatic carbocycles. The number of amides is 1. The first kappa shape index (κ1) is 19.6. The average molecular weight is 401 g/mol. The Bertz CT molecular complexity index is 769. The fourth-order valence-electron chi connectivity index (χ4n) is 3.21. The van der Waals surface area contributed by atoms with E-state index in [0.29, 0.717) is 38.4 Å². The summed E-state index contributed by atoms with van der Waals surface area (Å²) in [4.78, 5) is 12.5. The minimum absolute atomic E-state index is 0.00639. The third-order valence-electron chi connectivity index (χ3n) is 4.95. The van der Waals surface area contributed by atoms with Crippen LogP contribution >= 0.6 is 11.6 Å². The summed E-state index contributed by atoms with van der Waals surface area (Å²) < 4.78 is 32.7. The van der Waals surface area contributed by atoms with E-state index in [4.69, 9.17) is 16.3 Å². The minimum Gasteiger partial charge on any atom is -0.380 e. The summed E-state index contributed by atoms with van der Waals surface area (Å²) in [6.45, 7) is 4.74. The number of nitrogens with zero attached hydrogens (tertiary/aromatic N) is 1. The third kappa shape index (κ3) is 4.22. The van der Waals surface area contributed by atoms with Gasteiger partial charge in [-0.25, -0.2) is 8.42 Å². The molecule has 2 heterocycles. The van der Waals surface area contributed by atoms with Gasteiger partial charge in [-0.2, -0.15) is 4.31 Å². The van der Waals surface area contributed by atoms with E-state index < -0.39 is 10.0 Å². The van der Waals surface area contributed by atoms with E-state index in [0.717, 1.165) is 25.7 Å². The maximum absolute atomic E-state index is 13.0. The lowest BCUT2D eigenvalue weighted by atomic mass is 9.89. The van der Waals surface area contributed by atoms with E-state index in [-0.39, 0.29) is 21.2 Å². The van der Waals surface area contributed by atoms with Crippen molar-refractivity contribution in [1.29, 1.82) is 0 Å². The molecule has 6 nitrogen and oxygen atoms in total. The Hall–Kier alpha value is -1.15. The molecule has 3 rings (SSSR count). The molecule has 0 atom stereocenters. The number of halogens is 1. The lowest BCUT2D eigenvalue weighted by molar-refractivity contribution is -0.0978. The fourth-order valence-corrected chi connectivity index (χ4v) is 5.23. The predicted molar refractivity (Wildman–Crippen MR) is 99.9 cm³/mol. The number of rotatable bonds is 5. The second kappa shape index (κ2) is 7.84. The second-order valence-electron chi connectivity index (χ2n) is 7.45. The second-order valence-corrected chi connectivity index (χ2v) is 9.76. The molecule has 1 aromatic carbocycles. The van der Waals surface area contributed by atoms with Gasteiger partial charge in [0.1, 0.15) is 4.90 Å². The van der Waals surface area contributed by atoms with Crippen LogP contribution in [0.25, 0.3) is 0 Å². The molecule has 1 amide bonds. The van der Waals surface area contributed by atoms with Crippen LogP contribution in [0.2, 0.25) is 5.02 Å². The zero-order valence-electron chi connectivity index (χ0n) is 15.0. The summed E-state index contributed by atoms with van der Waals surface area (Å²) >= 11 is 6.17. The van der Waals surface area contributed by atoms with Crippen molar-refractivity contribution in [3.63, 3.8) is 0 Å². The Kier molecular flexibility index (Phi) is 5.91. The van der Waals surface area contributed by atoms with Gasteiger partial charge in [-0.3, -0.25) is 4.79 Å². The Balaban J connectivity index is 1.79. The smallest absolute Gasteiger partial charge is 0.251 e. The summed E-state index contributed by atoms with van der Waals surface area (Å²) in [5.41, 5.74) is 0.245. The van der Waals surface area contributed by atoms with Gasteiger partial charge in [-0.15, -0.1) is 0 Å². The van der Waals surface area contributed by atoms with Crippen LogP contribution in [0, 0.1) is 5.41 Å². The predicted octanol–water partition coefficient (Wildman–Crippen LogP) is 2.67. The number of hydrogen-bond donors (Lipinski definition) is 1. The number of carbonyl (C=O) groups is 1. The zero-order valence-corrected chi connectivity index (χ0v) is 16.5. The number of benzene rings is 1. The molecule has 0 spiro atoms. The van der Waals surface area contributed by atoms with Crippen molar-refractivity contribution >= 4 is 27.5 Å². The molecule has 2 saturated heterocycles. The molecule has 0 radical (unpaired) electrons. The molecular weight excluding hydrogens is 376 g/mol. The van der Waals surface area contributed by atoms with E-state index >= 15 is 0 Å². The highest BCUT2D eigenvalue weighted by molar-refractivity contribution is 7.89. The van der Waals surface area contributed by atoms with Crippen LogP contribution in [0.15, 0.2) is 23.1 Å². The molecule has 0 unspecified atom stereocenters. The first-order valence-corrected chi connectivity index (χ1v) is 10.8. The van der Waals surface area contributed by atoms with E-state index in [1.807, 2.05) is 6.92 Å². The van der Waals surface area contributed by atoms with Crippen molar-refractivity contribution in [2.75, 3.05) is 32.8 Å². The molecule has 144 valence electrons. The minimum atomic E-state index is -3.71. The summed E-state index contributed by atoms with van der Waals surface area (Å²) in [5.74, 6) is -0.304. The Labute approximate surface area is 159 Å². The van der Waals surface area contributed by atoms with Gasteiger partial charge in [0, 0.05) is 30.6 Å². The van der Waals surface area contributed by atoms with Gasteiger partial charge in [0.15, 0.2) is 0 Å². The monoisotopic (exact) mass is 400 g/mol. The van der Waals surface area contributed by atoms with Crippen molar-refractivity contribution < 1.29 is 17.9 Å². The third-order valence-corrected chi connectivity index (χ3v) is 7.33. The highest BCUT2D eigenvalue weighted by Crippen LogP contribution is 2.28. The normalized spacial score (nSPS) is 20.8. The van der Waals surface area contributed by atoms with Gasteiger partial charge in [-0.05, 0) is 31.0 Å². The molecular formula is C18H25ClN2O4S. The summed E-state index contributed by atoms with van der Waals surface area (Å²) in [5, 5.41) is 3.00. The average Bonchev–Trinajstić information content (AvgIpc) is 2.88. The van der Waals surface area contributed by atoms with Crippen LogP contribution in [-0.4, -0.2) is 51.5 Å². The molecule has 1 N–H and O–H groups in total. The molecule has 2 fully saturated rings. The number of carbonyl (C=O) groups excluding carboxylic acids is 1. The van der Waals surface area contributed by atoms with Crippen LogP contribution in [0.1, 0.15) is 43.0 Å². The molecule has 2 aliphatic rings. The van der Waals surface area contributed by atoms with Crippen molar-refractivity contribution in [3.8, 4) is 0 Å². The summed E-state index contributed by atoms with van der Waals surface area (Å²) in [6.07, 6.45) is 3.75. The number of sulfonamides is 1. The van der Waals surface area contributed by atoms with Crippen LogP contribution in [-0.2, 0) is 14.8 Å². The highest BCUT2D eigenvalue weighted by Gasteiger charge is 2.34. The summed E-state index contributed by atoms with van der Waals surface area (Å²) in [6, 6.07) is 4.42. The molecule has 0 aromatic heterocycles. The molecule has 2 aliphatic heterocycles. The largest absolute Gasteiger partial charge is 0.380 e. The maximum atomic E-state index is 13.0. The lowest BCUT2D eigenvalue weighted by Crippen LogP contribution is -2.48. The summed E-state index contributed by atoms with van der Waals surface area (Å²) in [7, 11) is -3.71. The van der Waals surface area contributed by atoms with E-state index in [1.54, 1.807) is 6.07 Å². The quantitative estimate of drug-likeness (QED) is 0.824. The fraction of sp³-hybridized carbons (Fsp3) is 0.611. The van der Waals surface area contributed by atoms with E-state index in [2.05, 4.69) is 5.32 Å². The SMILES string of the molecule is CC1(CNC(=O)c2ccc(Cl)c(S(=O)(=O)N3CCCCCC3)c2)COC1. The lowest BCUT2D eigenvalue weighted by Gasteiger charge is -2.38. The molecule has 8 heteroatoms. The Morgan fingerprint density at radius 3 is 2.46 bits per heavy atom. The topological polar surface area (TPSA) is 75.7 Å². The molecule has 26 heavy (non-hydrogen) atoms. The van der Waals surface area contributed by atoms with Crippen molar-refractivity contribution in [3.05, 3.63) is 28.8 Å². The van der Waals surface area contributed by atoms with Gasteiger partial charge in [0.2, 0.25) is 10.0 Å². The van der Waals surface area contributed by atoms with Crippen LogP contribution < -0.4 is 5.32 Å². The first-order valence-electron chi connectivity index (χ1n) is 8.98. The van der Waals surface area contributed by atoms with Crippen molar-refractivity contribution in [2.24, 2.45) is 5.41 Å². The standard InChI is InChI=1S/C18H25ClN2O4S/c1-18(12-25-13-18)11-20-17(22)14-6-7-15(19)16(10-14)26(23,24)21-8-4-2-3-5-9-21/h6-7,10H,2-5,8-9,11-13H2,1H3,(H,20,22). The molecule has 0 bridgehead atoms. The molecule has 1 aromatic rings. The highest BCUT2D eigenvalue weighted by atomic mass is 35.5. The number of ether oxygens (including phenoxy) is 1. The van der Waals surface area contributed by atoms with E-state index in [9.17, 15) is 13.2 Å². The van der Waals surface area contributed by atoms with Crippen LogP contribution in [0.5, 0.6) is 0 Å². The van der Waals surface area contributed by atoms with Gasteiger partial charge in [0.05, 0.1) is 18.2 Å². The Morgan fingerprint density at radius 2 is 1.88 bits per heavy atom. The zero-order chi connectivity index (χ0) is 18.8. The van der Waals surface area contributed by atoms with Gasteiger partial charge in [-0.1, -0.05) is 31.4 Å².